The number of halogens is 2. The van der Waals surface area contributed by atoms with Crippen LogP contribution in [-0.4, -0.2) is 9.24 Å². The molecule has 1 saturated carbocycles. The predicted octanol–water partition coefficient (Wildman–Crippen LogP) is 0.799. The van der Waals surface area contributed by atoms with Crippen molar-refractivity contribution >= 4 is 10.9 Å². The molecule has 0 saturated heterocycles. The van der Waals surface area contributed by atoms with E-state index < -0.39 is 22.9 Å². The van der Waals surface area contributed by atoms with E-state index in [-0.39, 0.29) is 22.5 Å². The number of aryl methyl sites for hydroxylation is 1. The van der Waals surface area contributed by atoms with Crippen molar-refractivity contribution in [1.82, 2.24) is 9.24 Å². The van der Waals surface area contributed by atoms with E-state index in [1.807, 2.05) is 0 Å². The van der Waals surface area contributed by atoms with Gasteiger partial charge < -0.3 is 5.84 Å². The van der Waals surface area contributed by atoms with E-state index in [0.717, 1.165) is 18.9 Å². The Kier molecular flexibility index (Phi) is 2.29. The minimum Gasteiger partial charge on any atom is -0.332 e. The molecule has 2 N–H and O–H groups in total. The highest BCUT2D eigenvalue weighted by atomic mass is 19.2. The highest BCUT2D eigenvalue weighted by Crippen LogP contribution is 2.35. The van der Waals surface area contributed by atoms with Crippen LogP contribution in [0.5, 0.6) is 0 Å². The molecule has 0 spiro atoms. The molecule has 1 heterocycles. The Balaban J connectivity index is 2.62. The molecule has 0 bridgehead atoms. The maximum atomic E-state index is 13.6. The second kappa shape index (κ2) is 3.66. The lowest BCUT2D eigenvalue weighted by Gasteiger charge is -2.13. The van der Waals surface area contributed by atoms with E-state index in [4.69, 9.17) is 5.84 Å². The van der Waals surface area contributed by atoms with Gasteiger partial charge in [0.15, 0.2) is 11.6 Å². The summed E-state index contributed by atoms with van der Waals surface area (Å²) in [7, 11) is 0. The lowest BCUT2D eigenvalue weighted by Crippen LogP contribution is -2.44. The van der Waals surface area contributed by atoms with Crippen molar-refractivity contribution in [2.45, 2.75) is 25.8 Å². The Morgan fingerprint density at radius 3 is 2.53 bits per heavy atom. The van der Waals surface area contributed by atoms with Gasteiger partial charge in [0.05, 0.1) is 10.9 Å². The second-order valence-corrected chi connectivity index (χ2v) is 4.75. The number of benzene rings is 1. The maximum Gasteiger partial charge on any atom is 0.350 e. The molecule has 1 aliphatic rings. The van der Waals surface area contributed by atoms with Crippen LogP contribution in [0.2, 0.25) is 0 Å². The van der Waals surface area contributed by atoms with Gasteiger partial charge in [-0.2, -0.15) is 4.68 Å². The molecule has 0 aliphatic heterocycles. The molecule has 7 heteroatoms. The summed E-state index contributed by atoms with van der Waals surface area (Å²) in [5.74, 6) is 3.26. The standard InChI is InChI=1S/C12H11F2N3O2/c1-5-9-8(4-7(13)10(5)14)16(6-2-3-6)12(19)17(15)11(9)18/h4,6H,2-3,15H2,1H3. The first kappa shape index (κ1) is 11.9. The van der Waals surface area contributed by atoms with Crippen molar-refractivity contribution in [3.05, 3.63) is 44.1 Å². The Bertz CT molecular complexity index is 819. The number of nitrogens with two attached hydrogens (primary N) is 1. The molecule has 3 rings (SSSR count). The fourth-order valence-electron chi connectivity index (χ4n) is 2.31. The Hall–Kier alpha value is -2.18. The van der Waals surface area contributed by atoms with E-state index >= 15 is 0 Å². The first-order chi connectivity index (χ1) is 8.93. The fourth-order valence-corrected chi connectivity index (χ4v) is 2.31. The van der Waals surface area contributed by atoms with Gasteiger partial charge in [0.1, 0.15) is 0 Å². The summed E-state index contributed by atoms with van der Waals surface area (Å²) < 4.78 is 28.8. The summed E-state index contributed by atoms with van der Waals surface area (Å²) in [6, 6.07) is 0.786. The smallest absolute Gasteiger partial charge is 0.332 e. The average Bonchev–Trinajstić information content (AvgIpc) is 3.18. The Morgan fingerprint density at radius 2 is 1.95 bits per heavy atom. The molecule has 2 aromatic rings. The largest absolute Gasteiger partial charge is 0.350 e. The highest BCUT2D eigenvalue weighted by molar-refractivity contribution is 5.82. The van der Waals surface area contributed by atoms with Crippen molar-refractivity contribution < 1.29 is 8.78 Å². The Labute approximate surface area is 105 Å². The summed E-state index contributed by atoms with van der Waals surface area (Å²) in [5, 5.41) is -0.0482. The Morgan fingerprint density at radius 1 is 1.32 bits per heavy atom. The summed E-state index contributed by atoms with van der Waals surface area (Å²) >= 11 is 0. The van der Waals surface area contributed by atoms with E-state index in [9.17, 15) is 18.4 Å². The third-order valence-electron chi connectivity index (χ3n) is 3.45. The van der Waals surface area contributed by atoms with Crippen LogP contribution in [0, 0.1) is 18.6 Å². The average molecular weight is 267 g/mol. The molecule has 1 aliphatic carbocycles. The summed E-state index contributed by atoms with van der Waals surface area (Å²) in [6.45, 7) is 1.30. The lowest BCUT2D eigenvalue weighted by molar-refractivity contribution is 0.503. The molecule has 0 unspecified atom stereocenters. The van der Waals surface area contributed by atoms with Gasteiger partial charge in [-0.15, -0.1) is 0 Å². The van der Waals surface area contributed by atoms with Crippen LogP contribution in [0.3, 0.4) is 0 Å². The minimum atomic E-state index is -1.09. The zero-order chi connectivity index (χ0) is 13.9. The summed E-state index contributed by atoms with van der Waals surface area (Å²) in [6.07, 6.45) is 1.51. The third-order valence-corrected chi connectivity index (χ3v) is 3.45. The monoisotopic (exact) mass is 267 g/mol. The molecule has 1 aromatic carbocycles. The fraction of sp³-hybridized carbons (Fsp3) is 0.333. The molecule has 5 nitrogen and oxygen atoms in total. The van der Waals surface area contributed by atoms with Crippen molar-refractivity contribution in [3.63, 3.8) is 0 Å². The third kappa shape index (κ3) is 1.50. The van der Waals surface area contributed by atoms with Gasteiger partial charge in [-0.05, 0) is 19.8 Å². The van der Waals surface area contributed by atoms with Crippen LogP contribution in [0.4, 0.5) is 8.78 Å². The molecule has 100 valence electrons. The van der Waals surface area contributed by atoms with Gasteiger partial charge in [0, 0.05) is 17.7 Å². The first-order valence-corrected chi connectivity index (χ1v) is 5.84. The molecule has 19 heavy (non-hydrogen) atoms. The number of hydrogen-bond donors (Lipinski definition) is 1. The zero-order valence-electron chi connectivity index (χ0n) is 10.1. The molecule has 0 radical (unpaired) electrons. The zero-order valence-corrected chi connectivity index (χ0v) is 10.1. The molecule has 0 amide bonds. The minimum absolute atomic E-state index is 0.0482. The summed E-state index contributed by atoms with van der Waals surface area (Å²) in [5.41, 5.74) is -1.54. The van der Waals surface area contributed by atoms with Crippen molar-refractivity contribution in [2.75, 3.05) is 5.84 Å². The van der Waals surface area contributed by atoms with Crippen LogP contribution < -0.4 is 17.1 Å². The van der Waals surface area contributed by atoms with Crippen molar-refractivity contribution in [1.29, 1.82) is 0 Å². The van der Waals surface area contributed by atoms with Crippen molar-refractivity contribution in [2.24, 2.45) is 0 Å². The van der Waals surface area contributed by atoms with E-state index in [2.05, 4.69) is 0 Å². The predicted molar refractivity (Wildman–Crippen MR) is 65.5 cm³/mol. The highest BCUT2D eigenvalue weighted by Gasteiger charge is 2.29. The number of hydrogen-bond acceptors (Lipinski definition) is 3. The summed E-state index contributed by atoms with van der Waals surface area (Å²) in [4.78, 5) is 23.9. The topological polar surface area (TPSA) is 70.0 Å². The first-order valence-electron chi connectivity index (χ1n) is 5.84. The van der Waals surface area contributed by atoms with Gasteiger partial charge >= 0.3 is 5.69 Å². The number of nitrogens with zero attached hydrogens (tertiary/aromatic N) is 2. The van der Waals surface area contributed by atoms with E-state index in [1.54, 1.807) is 0 Å². The van der Waals surface area contributed by atoms with Gasteiger partial charge in [-0.1, -0.05) is 0 Å². The number of fused-ring (bicyclic) bond motifs is 1. The van der Waals surface area contributed by atoms with Crippen LogP contribution in [0.1, 0.15) is 24.4 Å². The molecule has 1 fully saturated rings. The quantitative estimate of drug-likeness (QED) is 0.777. The van der Waals surface area contributed by atoms with Gasteiger partial charge in [0.25, 0.3) is 5.56 Å². The van der Waals surface area contributed by atoms with Crippen LogP contribution in [-0.2, 0) is 0 Å². The SMILES string of the molecule is Cc1c(F)c(F)cc2c1c(=O)n(N)c(=O)n2C1CC1. The van der Waals surface area contributed by atoms with Crippen LogP contribution in [0.25, 0.3) is 10.9 Å². The molecular weight excluding hydrogens is 256 g/mol. The van der Waals surface area contributed by atoms with Crippen LogP contribution in [0.15, 0.2) is 15.7 Å². The number of aromatic nitrogens is 2. The molecule has 0 atom stereocenters. The van der Waals surface area contributed by atoms with Crippen molar-refractivity contribution in [3.8, 4) is 0 Å². The number of rotatable bonds is 1. The van der Waals surface area contributed by atoms with Gasteiger partial charge in [-0.25, -0.2) is 13.6 Å². The molecular formula is C12H11F2N3O2. The normalized spacial score (nSPS) is 15.1. The van der Waals surface area contributed by atoms with E-state index in [1.165, 1.54) is 11.5 Å². The van der Waals surface area contributed by atoms with Gasteiger partial charge in [-0.3, -0.25) is 9.36 Å². The maximum absolute atomic E-state index is 13.6. The van der Waals surface area contributed by atoms with Crippen LogP contribution >= 0.6 is 0 Å². The second-order valence-electron chi connectivity index (χ2n) is 4.75. The number of nitrogen functional groups attached to an aromatic ring is 1. The van der Waals surface area contributed by atoms with Gasteiger partial charge in [0.2, 0.25) is 0 Å². The lowest BCUT2D eigenvalue weighted by atomic mass is 10.1. The van der Waals surface area contributed by atoms with E-state index in [0.29, 0.717) is 4.68 Å². The molecule has 1 aromatic heterocycles.